The van der Waals surface area contributed by atoms with Gasteiger partial charge in [0.2, 0.25) is 0 Å². The van der Waals surface area contributed by atoms with Gasteiger partial charge in [-0.15, -0.1) is 0 Å². The second kappa shape index (κ2) is 5.64. The summed E-state index contributed by atoms with van der Waals surface area (Å²) in [5.41, 5.74) is 2.71. The predicted octanol–water partition coefficient (Wildman–Crippen LogP) is 2.18. The number of nitriles is 1. The summed E-state index contributed by atoms with van der Waals surface area (Å²) in [6, 6.07) is 5.79. The van der Waals surface area contributed by atoms with E-state index in [0.717, 1.165) is 42.5 Å². The summed E-state index contributed by atoms with van der Waals surface area (Å²) >= 11 is 0. The number of benzene rings is 1. The molecule has 3 rings (SSSR count). The molecule has 0 bridgehead atoms. The Morgan fingerprint density at radius 3 is 2.59 bits per heavy atom. The van der Waals surface area contributed by atoms with E-state index in [1.165, 1.54) is 0 Å². The lowest BCUT2D eigenvalue weighted by Gasteiger charge is -2.22. The summed E-state index contributed by atoms with van der Waals surface area (Å²) in [6.07, 6.45) is 3.86. The van der Waals surface area contributed by atoms with Gasteiger partial charge in [-0.25, -0.2) is 0 Å². The lowest BCUT2D eigenvalue weighted by molar-refractivity contribution is 0.335. The van der Waals surface area contributed by atoms with Gasteiger partial charge in [-0.2, -0.15) is 5.26 Å². The van der Waals surface area contributed by atoms with Crippen LogP contribution in [0.3, 0.4) is 0 Å². The molecule has 0 fully saturated rings. The molecule has 0 unspecified atom stereocenters. The summed E-state index contributed by atoms with van der Waals surface area (Å²) in [5, 5.41) is 12.3. The topological polar surface area (TPSA) is 79.2 Å². The number of hydrogen-bond acceptors (Lipinski definition) is 5. The fourth-order valence-corrected chi connectivity index (χ4v) is 2.99. The average molecular weight is 296 g/mol. The largest absolute Gasteiger partial charge is 0.488 e. The lowest BCUT2D eigenvalue weighted by Crippen LogP contribution is -2.35. The van der Waals surface area contributed by atoms with Crippen LogP contribution in [0.25, 0.3) is 0 Å². The van der Waals surface area contributed by atoms with Crippen LogP contribution in [-0.4, -0.2) is 6.61 Å². The minimum atomic E-state index is -0.577. The first kappa shape index (κ1) is 14.3. The molecule has 112 valence electrons. The van der Waals surface area contributed by atoms with Crippen molar-refractivity contribution in [3.05, 3.63) is 49.3 Å². The van der Waals surface area contributed by atoms with Crippen LogP contribution >= 0.6 is 0 Å². The summed E-state index contributed by atoms with van der Waals surface area (Å²) in [6.45, 7) is 2.11. The molecular weight excluding hydrogens is 280 g/mol. The van der Waals surface area contributed by atoms with Crippen molar-refractivity contribution in [1.29, 1.82) is 5.26 Å². The van der Waals surface area contributed by atoms with Crippen molar-refractivity contribution < 1.29 is 4.74 Å². The third kappa shape index (κ3) is 2.17. The molecule has 0 aliphatic heterocycles. The maximum Gasteiger partial charge on any atom is 0.272 e. The monoisotopic (exact) mass is 296 g/mol. The highest BCUT2D eigenvalue weighted by atomic mass is 16.5. The molecular formula is C17H16N2O3. The molecule has 0 saturated heterocycles. The first-order chi connectivity index (χ1) is 10.7. The standard InChI is InChI=1S/C17H16N2O3/c1-2-22-17-14(15(20)16(17)21)19-13-8-7-10(9-18)11-5-3-4-6-12(11)13/h7-8,19H,2-6H2,1H3. The molecule has 1 aliphatic rings. The van der Waals surface area contributed by atoms with Crippen molar-refractivity contribution in [3.63, 3.8) is 0 Å². The van der Waals surface area contributed by atoms with Gasteiger partial charge in [-0.3, -0.25) is 9.59 Å². The molecule has 5 nitrogen and oxygen atoms in total. The highest BCUT2D eigenvalue weighted by molar-refractivity contribution is 5.73. The van der Waals surface area contributed by atoms with Crippen LogP contribution in [0.4, 0.5) is 11.4 Å². The zero-order chi connectivity index (χ0) is 15.7. The maximum atomic E-state index is 11.7. The SMILES string of the molecule is CCOc1c(Nc2ccc(C#N)c3c2CCCC3)c(=O)c1=O. The van der Waals surface area contributed by atoms with Gasteiger partial charge in [0.25, 0.3) is 10.9 Å². The molecule has 5 heteroatoms. The minimum Gasteiger partial charge on any atom is -0.488 e. The van der Waals surface area contributed by atoms with E-state index in [4.69, 9.17) is 4.74 Å². The average Bonchev–Trinajstić information content (AvgIpc) is 2.57. The highest BCUT2D eigenvalue weighted by Gasteiger charge is 2.24. The van der Waals surface area contributed by atoms with Crippen molar-refractivity contribution in [3.8, 4) is 11.8 Å². The number of ether oxygens (including phenoxy) is 1. The molecule has 2 aromatic rings. The molecule has 0 saturated carbocycles. The number of fused-ring (bicyclic) bond motifs is 1. The Balaban J connectivity index is 2.01. The third-order valence-corrected chi connectivity index (χ3v) is 4.07. The second-order valence-corrected chi connectivity index (χ2v) is 5.36. The fraction of sp³-hybridized carbons (Fsp3) is 0.353. The van der Waals surface area contributed by atoms with Gasteiger partial charge in [0.15, 0.2) is 5.75 Å². The van der Waals surface area contributed by atoms with Gasteiger partial charge in [-0.1, -0.05) is 0 Å². The molecule has 0 amide bonds. The molecule has 1 aliphatic carbocycles. The van der Waals surface area contributed by atoms with Gasteiger partial charge >= 0.3 is 0 Å². The first-order valence-corrected chi connectivity index (χ1v) is 7.45. The van der Waals surface area contributed by atoms with Crippen molar-refractivity contribution in [1.82, 2.24) is 0 Å². The summed E-state index contributed by atoms with van der Waals surface area (Å²) in [4.78, 5) is 23.3. The molecule has 0 radical (unpaired) electrons. The zero-order valence-electron chi connectivity index (χ0n) is 12.4. The number of rotatable bonds is 4. The van der Waals surface area contributed by atoms with E-state index in [9.17, 15) is 14.9 Å². The molecule has 0 atom stereocenters. The quantitative estimate of drug-likeness (QED) is 0.875. The molecule has 0 aromatic heterocycles. The number of nitrogens with zero attached hydrogens (tertiary/aromatic N) is 1. The van der Waals surface area contributed by atoms with E-state index in [0.29, 0.717) is 12.2 Å². The number of hydrogen-bond donors (Lipinski definition) is 1. The van der Waals surface area contributed by atoms with Crippen molar-refractivity contribution in [2.24, 2.45) is 0 Å². The predicted molar refractivity (Wildman–Crippen MR) is 83.6 cm³/mol. The molecule has 2 aromatic carbocycles. The smallest absolute Gasteiger partial charge is 0.272 e. The van der Waals surface area contributed by atoms with Crippen molar-refractivity contribution in [2.45, 2.75) is 32.6 Å². The van der Waals surface area contributed by atoms with Gasteiger partial charge in [-0.05, 0) is 55.9 Å². The minimum absolute atomic E-state index is 0.112. The molecule has 0 heterocycles. The highest BCUT2D eigenvalue weighted by Crippen LogP contribution is 2.33. The van der Waals surface area contributed by atoms with Crippen LogP contribution < -0.4 is 20.9 Å². The maximum absolute atomic E-state index is 11.7. The van der Waals surface area contributed by atoms with Gasteiger partial charge < -0.3 is 10.1 Å². The summed E-state index contributed by atoms with van der Waals surface area (Å²) in [5.74, 6) is 0.112. The molecule has 0 spiro atoms. The van der Waals surface area contributed by atoms with Crippen LogP contribution in [0, 0.1) is 11.3 Å². The normalized spacial score (nSPS) is 13.5. The van der Waals surface area contributed by atoms with E-state index in [2.05, 4.69) is 11.4 Å². The molecule has 22 heavy (non-hydrogen) atoms. The summed E-state index contributed by atoms with van der Waals surface area (Å²) in [7, 11) is 0. The zero-order valence-corrected chi connectivity index (χ0v) is 12.4. The van der Waals surface area contributed by atoms with Gasteiger partial charge in [0, 0.05) is 5.69 Å². The Hall–Kier alpha value is -2.61. The van der Waals surface area contributed by atoms with Crippen LogP contribution in [0.15, 0.2) is 21.7 Å². The van der Waals surface area contributed by atoms with E-state index < -0.39 is 10.9 Å². The first-order valence-electron chi connectivity index (χ1n) is 7.45. The van der Waals surface area contributed by atoms with E-state index in [1.54, 1.807) is 19.1 Å². The Bertz CT molecular complexity index is 839. The van der Waals surface area contributed by atoms with Crippen LogP contribution in [-0.2, 0) is 12.8 Å². The Labute approximate surface area is 127 Å². The fourth-order valence-electron chi connectivity index (χ4n) is 2.99. The number of nitrogens with one attached hydrogen (secondary N) is 1. The van der Waals surface area contributed by atoms with Gasteiger partial charge in [0.05, 0.1) is 18.2 Å². The lowest BCUT2D eigenvalue weighted by atomic mass is 9.87. The van der Waals surface area contributed by atoms with Crippen LogP contribution in [0.5, 0.6) is 5.75 Å². The van der Waals surface area contributed by atoms with Crippen LogP contribution in [0.2, 0.25) is 0 Å². The summed E-state index contributed by atoms with van der Waals surface area (Å²) < 4.78 is 5.23. The third-order valence-electron chi connectivity index (χ3n) is 4.07. The second-order valence-electron chi connectivity index (χ2n) is 5.36. The van der Waals surface area contributed by atoms with E-state index in [1.807, 2.05) is 0 Å². The Kier molecular flexibility index (Phi) is 3.68. The Morgan fingerprint density at radius 1 is 1.18 bits per heavy atom. The number of anilines is 2. The van der Waals surface area contributed by atoms with E-state index >= 15 is 0 Å². The van der Waals surface area contributed by atoms with Crippen molar-refractivity contribution >= 4 is 11.4 Å². The molecule has 1 N–H and O–H groups in total. The van der Waals surface area contributed by atoms with Gasteiger partial charge in [0.1, 0.15) is 5.69 Å². The van der Waals surface area contributed by atoms with Crippen LogP contribution in [0.1, 0.15) is 36.5 Å². The van der Waals surface area contributed by atoms with Crippen molar-refractivity contribution in [2.75, 3.05) is 11.9 Å². The van der Waals surface area contributed by atoms with E-state index in [-0.39, 0.29) is 11.4 Å². The Morgan fingerprint density at radius 2 is 1.91 bits per heavy atom.